The third-order valence-corrected chi connectivity index (χ3v) is 9.19. The van der Waals surface area contributed by atoms with Crippen LogP contribution in [0, 0.1) is 6.92 Å². The predicted molar refractivity (Wildman–Crippen MR) is 202 cm³/mol. The number of fused-ring (bicyclic) bond motifs is 1. The second kappa shape index (κ2) is 16.5. The van der Waals surface area contributed by atoms with Crippen molar-refractivity contribution in [3.63, 3.8) is 0 Å². The summed E-state index contributed by atoms with van der Waals surface area (Å²) in [5, 5.41) is 44.6. The van der Waals surface area contributed by atoms with Gasteiger partial charge in [0.25, 0.3) is 0 Å². The minimum Gasteiger partial charge on any atom is -0.485 e. The molecule has 1 aliphatic rings. The number of ether oxygens (including phenoxy) is 4. The number of aliphatic hydroxyl groups is 4. The highest BCUT2D eigenvalue weighted by Crippen LogP contribution is 2.40. The molecule has 11 heteroatoms. The predicted octanol–water partition coefficient (Wildman–Crippen LogP) is 5.72. The Balaban J connectivity index is 1.33. The molecule has 5 atom stereocenters. The van der Waals surface area contributed by atoms with Crippen LogP contribution in [0.25, 0.3) is 22.3 Å². The summed E-state index contributed by atoms with van der Waals surface area (Å²) >= 11 is 0. The van der Waals surface area contributed by atoms with Gasteiger partial charge in [-0.15, -0.1) is 0 Å². The Morgan fingerprint density at radius 2 is 1.24 bits per heavy atom. The van der Waals surface area contributed by atoms with Gasteiger partial charge in [0.05, 0.1) is 17.7 Å². The fourth-order valence-corrected chi connectivity index (χ4v) is 6.31. The minimum atomic E-state index is -1.61. The highest BCUT2D eigenvalue weighted by Gasteiger charge is 2.43. The van der Waals surface area contributed by atoms with Crippen LogP contribution in [0.1, 0.15) is 22.3 Å². The maximum atomic E-state index is 14.5. The van der Waals surface area contributed by atoms with Crippen LogP contribution in [0.2, 0.25) is 0 Å². The van der Waals surface area contributed by atoms with Crippen LogP contribution in [0.15, 0.2) is 131 Å². The molecule has 5 N–H and O–H groups in total. The lowest BCUT2D eigenvalue weighted by atomic mass is 9.98. The van der Waals surface area contributed by atoms with Gasteiger partial charge in [-0.25, -0.2) is 0 Å². The number of hydrogen-bond donors (Lipinski definition) is 5. The smallest absolute Gasteiger partial charge is 0.235 e. The van der Waals surface area contributed by atoms with Crippen LogP contribution in [0.3, 0.4) is 0 Å². The SMILES string of the molecule is Cc1cc(NC2O[C@H](CO)[C@@H](O)[C@H](O)[C@H]2O)c2oc(-c3ccc(OCc4ccccc4)c(OCc4ccccc4)c3)c(OCc3ccccc3)c(=O)c2c1. The van der Waals surface area contributed by atoms with Crippen LogP contribution in [0.5, 0.6) is 17.2 Å². The van der Waals surface area contributed by atoms with Crippen molar-refractivity contribution >= 4 is 16.7 Å². The Kier molecular flexibility index (Phi) is 11.2. The molecule has 2 heterocycles. The average molecular weight is 732 g/mol. The van der Waals surface area contributed by atoms with E-state index in [4.69, 9.17) is 23.4 Å². The maximum Gasteiger partial charge on any atom is 0.235 e. The van der Waals surface area contributed by atoms with Crippen molar-refractivity contribution in [1.82, 2.24) is 0 Å². The highest BCUT2D eigenvalue weighted by molar-refractivity contribution is 5.92. The zero-order chi connectivity index (χ0) is 37.6. The maximum absolute atomic E-state index is 14.5. The Morgan fingerprint density at radius 1 is 0.667 bits per heavy atom. The standard InChI is InChI=1S/C43H41NO10/c1-26-19-31-36(46)42(52-25-29-15-9-4-10-16-29)40(54-41(31)32(20-26)44-43-39(49)38(48)37(47)35(22-45)53-43)30-17-18-33(50-23-27-11-5-2-6-12-27)34(21-30)51-24-28-13-7-3-8-14-28/h2-21,35,37-39,43-45,47-49H,22-25H2,1H3/t35-,37-,38+,39-,43?/m1/s1. The first-order valence-electron chi connectivity index (χ1n) is 17.6. The van der Waals surface area contributed by atoms with Crippen LogP contribution < -0.4 is 25.0 Å². The number of aliphatic hydroxyl groups excluding tert-OH is 4. The van der Waals surface area contributed by atoms with Crippen LogP contribution in [-0.4, -0.2) is 57.7 Å². The highest BCUT2D eigenvalue weighted by atomic mass is 16.6. The molecule has 0 saturated carbocycles. The summed E-state index contributed by atoms with van der Waals surface area (Å²) in [6.07, 6.45) is -7.14. The van der Waals surface area contributed by atoms with Crippen molar-refractivity contribution < 1.29 is 43.8 Å². The van der Waals surface area contributed by atoms with E-state index < -0.39 is 42.7 Å². The zero-order valence-electron chi connectivity index (χ0n) is 29.5. The molecule has 1 unspecified atom stereocenters. The monoisotopic (exact) mass is 731 g/mol. The molecule has 0 aliphatic carbocycles. The first-order valence-corrected chi connectivity index (χ1v) is 17.6. The van der Waals surface area contributed by atoms with E-state index >= 15 is 0 Å². The number of anilines is 1. The Bertz CT molecular complexity index is 2230. The molecule has 1 aliphatic heterocycles. The molecule has 6 aromatic rings. The lowest BCUT2D eigenvalue weighted by molar-refractivity contribution is -0.221. The van der Waals surface area contributed by atoms with Crippen molar-refractivity contribution in [3.8, 4) is 28.6 Å². The van der Waals surface area contributed by atoms with Crippen molar-refractivity contribution in [3.05, 3.63) is 154 Å². The van der Waals surface area contributed by atoms with Crippen molar-refractivity contribution in [2.45, 2.75) is 57.4 Å². The van der Waals surface area contributed by atoms with Gasteiger partial charge >= 0.3 is 0 Å². The summed E-state index contributed by atoms with van der Waals surface area (Å²) in [6, 6.07) is 37.5. The van der Waals surface area contributed by atoms with Gasteiger partial charge in [-0.3, -0.25) is 4.79 Å². The number of aryl methyl sites for hydroxylation is 1. The molecule has 7 rings (SSSR count). The molecule has 5 aromatic carbocycles. The van der Waals surface area contributed by atoms with Gasteiger partial charge in [0.2, 0.25) is 11.2 Å². The zero-order valence-corrected chi connectivity index (χ0v) is 29.5. The van der Waals surface area contributed by atoms with E-state index in [1.54, 1.807) is 37.3 Å². The number of hydrogen-bond acceptors (Lipinski definition) is 11. The van der Waals surface area contributed by atoms with Gasteiger partial charge in [-0.1, -0.05) is 91.0 Å². The van der Waals surface area contributed by atoms with Gasteiger partial charge < -0.3 is 49.1 Å². The lowest BCUT2D eigenvalue weighted by Crippen LogP contribution is -2.60. The number of benzene rings is 5. The molecule has 11 nitrogen and oxygen atoms in total. The number of nitrogens with one attached hydrogen (secondary N) is 1. The second-order valence-electron chi connectivity index (χ2n) is 13.2. The quantitative estimate of drug-likeness (QED) is 0.0990. The summed E-state index contributed by atoms with van der Waals surface area (Å²) in [6.45, 7) is 1.82. The third kappa shape index (κ3) is 8.10. The van der Waals surface area contributed by atoms with Gasteiger partial charge in [0, 0.05) is 5.56 Å². The van der Waals surface area contributed by atoms with Crippen molar-refractivity contribution in [2.75, 3.05) is 11.9 Å². The molecule has 1 aromatic heterocycles. The van der Waals surface area contributed by atoms with E-state index in [9.17, 15) is 25.2 Å². The van der Waals surface area contributed by atoms with Gasteiger partial charge in [0.1, 0.15) is 44.2 Å². The van der Waals surface area contributed by atoms with Crippen LogP contribution >= 0.6 is 0 Å². The fraction of sp³-hybridized carbons (Fsp3) is 0.233. The molecule has 0 spiro atoms. The Labute approximate surface area is 311 Å². The fourth-order valence-electron chi connectivity index (χ4n) is 6.31. The van der Waals surface area contributed by atoms with Gasteiger partial charge in [0.15, 0.2) is 29.1 Å². The van der Waals surface area contributed by atoms with Crippen LogP contribution in [0.4, 0.5) is 5.69 Å². The summed E-state index contributed by atoms with van der Waals surface area (Å²) in [5.74, 6) is 0.979. The molecule has 1 fully saturated rings. The molecule has 0 bridgehead atoms. The summed E-state index contributed by atoms with van der Waals surface area (Å²) < 4.78 is 31.2. The van der Waals surface area contributed by atoms with E-state index in [0.717, 1.165) is 16.7 Å². The summed E-state index contributed by atoms with van der Waals surface area (Å²) in [5.41, 5.74) is 3.86. The Hall–Kier alpha value is -5.69. The third-order valence-electron chi connectivity index (χ3n) is 9.19. The first kappa shape index (κ1) is 36.7. The first-order chi connectivity index (χ1) is 26.3. The normalized spacial score (nSPS) is 19.7. The summed E-state index contributed by atoms with van der Waals surface area (Å²) in [7, 11) is 0. The molecule has 54 heavy (non-hydrogen) atoms. The van der Waals surface area contributed by atoms with E-state index in [1.165, 1.54) is 0 Å². The molecule has 1 saturated heterocycles. The van der Waals surface area contributed by atoms with E-state index in [0.29, 0.717) is 29.2 Å². The molecule has 0 radical (unpaired) electrons. The minimum absolute atomic E-state index is 0.0253. The Morgan fingerprint density at radius 3 is 1.83 bits per heavy atom. The van der Waals surface area contributed by atoms with Gasteiger partial charge in [-0.2, -0.15) is 0 Å². The van der Waals surface area contributed by atoms with E-state index in [2.05, 4.69) is 5.32 Å². The molecular formula is C43H41NO10. The van der Waals surface area contributed by atoms with Crippen molar-refractivity contribution in [2.24, 2.45) is 0 Å². The second-order valence-corrected chi connectivity index (χ2v) is 13.2. The number of rotatable bonds is 13. The molecule has 278 valence electrons. The van der Waals surface area contributed by atoms with Crippen LogP contribution in [-0.2, 0) is 24.6 Å². The molecule has 0 amide bonds. The van der Waals surface area contributed by atoms with Crippen molar-refractivity contribution in [1.29, 1.82) is 0 Å². The summed E-state index contributed by atoms with van der Waals surface area (Å²) in [4.78, 5) is 14.5. The average Bonchev–Trinajstić information content (AvgIpc) is 3.20. The molecular weight excluding hydrogens is 690 g/mol. The van der Waals surface area contributed by atoms with E-state index in [-0.39, 0.29) is 41.4 Å². The van der Waals surface area contributed by atoms with E-state index in [1.807, 2.05) is 91.0 Å². The van der Waals surface area contributed by atoms with Gasteiger partial charge in [-0.05, 0) is 59.5 Å². The topological polar surface area (TPSA) is 160 Å². The largest absolute Gasteiger partial charge is 0.485 e. The lowest BCUT2D eigenvalue weighted by Gasteiger charge is -2.40.